The van der Waals surface area contributed by atoms with E-state index in [1.54, 1.807) is 31.0 Å². The van der Waals surface area contributed by atoms with Gasteiger partial charge in [0.15, 0.2) is 0 Å². The summed E-state index contributed by atoms with van der Waals surface area (Å²) in [5.74, 6) is 0.724. The first-order valence-electron chi connectivity index (χ1n) is 14.1. The number of carbonyl (C=O) groups excluding carboxylic acids is 1. The topological polar surface area (TPSA) is 148 Å². The number of hydrogen-bond donors (Lipinski definition) is 4. The van der Waals surface area contributed by atoms with Crippen LogP contribution in [0.25, 0.3) is 5.57 Å². The van der Waals surface area contributed by atoms with Crippen LogP contribution in [0.5, 0.6) is 0 Å². The van der Waals surface area contributed by atoms with Crippen molar-refractivity contribution in [3.8, 4) is 0 Å². The molecule has 1 amide bonds. The van der Waals surface area contributed by atoms with Crippen LogP contribution < -0.4 is 21.7 Å². The second kappa shape index (κ2) is 13.6. The van der Waals surface area contributed by atoms with Crippen molar-refractivity contribution < 1.29 is 9.53 Å². The van der Waals surface area contributed by atoms with Crippen LogP contribution in [0.3, 0.4) is 0 Å². The molecule has 1 aliphatic rings. The Labute approximate surface area is 247 Å². The van der Waals surface area contributed by atoms with Gasteiger partial charge in [-0.2, -0.15) is 5.10 Å². The number of aryl methyl sites for hydroxylation is 2. The summed E-state index contributed by atoms with van der Waals surface area (Å²) in [6.07, 6.45) is 3.27. The number of amides is 1. The van der Waals surface area contributed by atoms with Crippen LogP contribution in [0.15, 0.2) is 47.9 Å². The maximum Gasteiger partial charge on any atom is 0.273 e. The van der Waals surface area contributed by atoms with Gasteiger partial charge in [-0.15, -0.1) is 0 Å². The number of benzene rings is 1. The number of aliphatic imine (C=N–C) groups is 1. The van der Waals surface area contributed by atoms with E-state index in [1.807, 2.05) is 31.2 Å². The molecule has 224 valence electrons. The number of morpholine rings is 1. The Bertz CT molecular complexity index is 1450. The fraction of sp³-hybridized carbons (Fsp3) is 0.433. The van der Waals surface area contributed by atoms with Crippen LogP contribution in [0.2, 0.25) is 0 Å². The van der Waals surface area contributed by atoms with Gasteiger partial charge in [0.1, 0.15) is 23.7 Å². The van der Waals surface area contributed by atoms with Crippen molar-refractivity contribution in [2.75, 3.05) is 57.1 Å². The third kappa shape index (κ3) is 7.92. The van der Waals surface area contributed by atoms with Gasteiger partial charge in [0.05, 0.1) is 35.9 Å². The molecule has 0 aliphatic carbocycles. The Balaban J connectivity index is 1.50. The van der Waals surface area contributed by atoms with E-state index < -0.39 is 0 Å². The number of nitrogens with zero attached hydrogens (tertiary/aromatic N) is 6. The van der Waals surface area contributed by atoms with Gasteiger partial charge in [-0.3, -0.25) is 14.4 Å². The minimum absolute atomic E-state index is 0.165. The van der Waals surface area contributed by atoms with Gasteiger partial charge in [0.25, 0.3) is 5.91 Å². The molecule has 3 aromatic rings. The highest BCUT2D eigenvalue weighted by molar-refractivity contribution is 6.22. The van der Waals surface area contributed by atoms with Crippen molar-refractivity contribution in [3.63, 3.8) is 0 Å². The first-order chi connectivity index (χ1) is 20.0. The van der Waals surface area contributed by atoms with Crippen LogP contribution in [0, 0.1) is 6.92 Å². The van der Waals surface area contributed by atoms with E-state index in [4.69, 9.17) is 15.5 Å². The summed E-state index contributed by atoms with van der Waals surface area (Å²) in [6.45, 7) is 13.2. The van der Waals surface area contributed by atoms with E-state index in [-0.39, 0.29) is 17.2 Å². The Morgan fingerprint density at radius 2 is 1.93 bits per heavy atom. The zero-order chi connectivity index (χ0) is 30.3. The van der Waals surface area contributed by atoms with Crippen molar-refractivity contribution in [1.82, 2.24) is 30.0 Å². The summed E-state index contributed by atoms with van der Waals surface area (Å²) in [5.41, 5.74) is 11.1. The quantitative estimate of drug-likeness (QED) is 0.212. The number of amidine groups is 1. The summed E-state index contributed by atoms with van der Waals surface area (Å²) in [5, 5.41) is 13.9. The molecule has 42 heavy (non-hydrogen) atoms. The molecule has 1 aliphatic heterocycles. The lowest BCUT2D eigenvalue weighted by molar-refractivity contribution is 0.0398. The lowest BCUT2D eigenvalue weighted by Crippen LogP contribution is -2.39. The zero-order valence-electron chi connectivity index (χ0n) is 25.4. The molecule has 0 bridgehead atoms. The Morgan fingerprint density at radius 1 is 1.17 bits per heavy atom. The van der Waals surface area contributed by atoms with E-state index >= 15 is 0 Å². The summed E-state index contributed by atoms with van der Waals surface area (Å²) in [6, 6.07) is 9.22. The van der Waals surface area contributed by atoms with E-state index in [9.17, 15) is 4.79 Å². The number of hydrogen-bond acceptors (Lipinski definition) is 9. The van der Waals surface area contributed by atoms with Gasteiger partial charge < -0.3 is 26.4 Å². The lowest BCUT2D eigenvalue weighted by atomic mass is 9.92. The Morgan fingerprint density at radius 3 is 2.62 bits per heavy atom. The molecule has 0 spiro atoms. The first-order valence-corrected chi connectivity index (χ1v) is 14.1. The van der Waals surface area contributed by atoms with Crippen LogP contribution in [-0.4, -0.2) is 82.8 Å². The normalized spacial score (nSPS) is 15.0. The van der Waals surface area contributed by atoms with E-state index in [2.05, 4.69) is 56.7 Å². The summed E-state index contributed by atoms with van der Waals surface area (Å²) >= 11 is 0. The SMILES string of the molecule is CN/C=C(\C(N)=Nc1cc(NC(=O)c2cc(C(C)(C)C)nn2C)ccc1C)c1cc(NCCN2CCOCC2)ncn1. The average Bonchev–Trinajstić information content (AvgIpc) is 3.36. The largest absolute Gasteiger partial charge is 0.393 e. The molecule has 0 atom stereocenters. The first kappa shape index (κ1) is 30.7. The molecule has 1 aromatic carbocycles. The highest BCUT2D eigenvalue weighted by Gasteiger charge is 2.22. The second-order valence-electron chi connectivity index (χ2n) is 11.3. The van der Waals surface area contributed by atoms with Crippen LogP contribution >= 0.6 is 0 Å². The third-order valence-corrected chi connectivity index (χ3v) is 6.93. The molecule has 5 N–H and O–H groups in total. The number of nitrogens with one attached hydrogen (secondary N) is 3. The van der Waals surface area contributed by atoms with Crippen LogP contribution in [-0.2, 0) is 17.2 Å². The van der Waals surface area contributed by atoms with Gasteiger partial charge in [0.2, 0.25) is 0 Å². The second-order valence-corrected chi connectivity index (χ2v) is 11.3. The smallest absolute Gasteiger partial charge is 0.273 e. The fourth-order valence-electron chi connectivity index (χ4n) is 4.43. The number of aromatic nitrogens is 4. The zero-order valence-corrected chi connectivity index (χ0v) is 25.4. The van der Waals surface area contributed by atoms with E-state index in [0.29, 0.717) is 34.2 Å². The Hall–Kier alpha value is -4.29. The van der Waals surface area contributed by atoms with E-state index in [0.717, 1.165) is 50.7 Å². The predicted octanol–water partition coefficient (Wildman–Crippen LogP) is 3.06. The molecule has 1 fully saturated rings. The highest BCUT2D eigenvalue weighted by Crippen LogP contribution is 2.26. The predicted molar refractivity (Wildman–Crippen MR) is 167 cm³/mol. The molecular weight excluding hydrogens is 532 g/mol. The molecule has 0 saturated carbocycles. The van der Waals surface area contributed by atoms with Gasteiger partial charge in [-0.1, -0.05) is 26.8 Å². The molecule has 2 aromatic heterocycles. The van der Waals surface area contributed by atoms with Crippen molar-refractivity contribution in [1.29, 1.82) is 0 Å². The molecule has 12 heteroatoms. The molecule has 3 heterocycles. The molecule has 1 saturated heterocycles. The van der Waals surface area contributed by atoms with Gasteiger partial charge in [0, 0.05) is 63.6 Å². The van der Waals surface area contributed by atoms with Gasteiger partial charge in [-0.05, 0) is 30.7 Å². The number of carbonyl (C=O) groups is 1. The summed E-state index contributed by atoms with van der Waals surface area (Å²) < 4.78 is 7.02. The maximum absolute atomic E-state index is 13.1. The maximum atomic E-state index is 13.1. The molecule has 0 unspecified atom stereocenters. The number of rotatable bonds is 10. The third-order valence-electron chi connectivity index (χ3n) is 6.93. The van der Waals surface area contributed by atoms with Crippen molar-refractivity contribution in [2.45, 2.75) is 33.1 Å². The highest BCUT2D eigenvalue weighted by atomic mass is 16.5. The number of anilines is 2. The summed E-state index contributed by atoms with van der Waals surface area (Å²) in [7, 11) is 3.56. The number of ether oxygens (including phenoxy) is 1. The molecule has 12 nitrogen and oxygen atoms in total. The number of nitrogens with two attached hydrogens (primary N) is 1. The standard InChI is InChI=1S/C30H42N10O2/c1-20-7-8-21(36-29(41)25-17-26(30(2,3)4)38-39(25)6)15-23(20)37-28(31)22(18-32-5)24-16-27(35-19-34-24)33-9-10-40-11-13-42-14-12-40/h7-8,15-19,32H,9-14H2,1-6H3,(H2,31,37)(H,36,41)(H,33,34,35)/b22-18-. The monoisotopic (exact) mass is 574 g/mol. The fourth-order valence-corrected chi connectivity index (χ4v) is 4.43. The van der Waals surface area contributed by atoms with Crippen molar-refractivity contribution in [3.05, 3.63) is 65.5 Å². The summed E-state index contributed by atoms with van der Waals surface area (Å²) in [4.78, 5) is 29.0. The molecule has 0 radical (unpaired) electrons. The minimum Gasteiger partial charge on any atom is -0.393 e. The Kier molecular flexibility index (Phi) is 9.92. The van der Waals surface area contributed by atoms with Gasteiger partial charge in [-0.25, -0.2) is 15.0 Å². The van der Waals surface area contributed by atoms with Gasteiger partial charge >= 0.3 is 0 Å². The van der Waals surface area contributed by atoms with E-state index in [1.165, 1.54) is 6.33 Å². The lowest BCUT2D eigenvalue weighted by Gasteiger charge is -2.26. The molecule has 4 rings (SSSR count). The van der Waals surface area contributed by atoms with Crippen molar-refractivity contribution in [2.24, 2.45) is 17.8 Å². The van der Waals surface area contributed by atoms with Crippen molar-refractivity contribution >= 4 is 34.5 Å². The van der Waals surface area contributed by atoms with Crippen LogP contribution in [0.4, 0.5) is 17.2 Å². The average molecular weight is 575 g/mol. The minimum atomic E-state index is -0.252. The molecular formula is C30H42N10O2. The van der Waals surface area contributed by atoms with Crippen LogP contribution in [0.1, 0.15) is 48.2 Å².